The van der Waals surface area contributed by atoms with Crippen LogP contribution in [-0.4, -0.2) is 37.9 Å². The molecule has 18 heavy (non-hydrogen) atoms. The van der Waals surface area contributed by atoms with Gasteiger partial charge in [-0.05, 0) is 38.1 Å². The van der Waals surface area contributed by atoms with Gasteiger partial charge in [0, 0.05) is 17.8 Å². The molecular formula is C13H20N2O2S. The topological polar surface area (TPSA) is 63.4 Å². The van der Waals surface area contributed by atoms with Crippen molar-refractivity contribution in [3.05, 3.63) is 29.8 Å². The lowest BCUT2D eigenvalue weighted by Gasteiger charge is -2.30. The predicted molar refractivity (Wildman–Crippen MR) is 74.1 cm³/mol. The van der Waals surface area contributed by atoms with Crippen molar-refractivity contribution in [2.45, 2.75) is 25.4 Å². The summed E-state index contributed by atoms with van der Waals surface area (Å²) in [6.45, 7) is 2.08. The van der Waals surface area contributed by atoms with Crippen LogP contribution in [0.4, 0.5) is 5.69 Å². The van der Waals surface area contributed by atoms with E-state index < -0.39 is 9.84 Å². The van der Waals surface area contributed by atoms with Crippen LogP contribution in [0.2, 0.25) is 0 Å². The Hall–Kier alpha value is -1.07. The zero-order valence-corrected chi connectivity index (χ0v) is 11.7. The predicted octanol–water partition coefficient (Wildman–Crippen LogP) is 1.45. The lowest BCUT2D eigenvalue weighted by molar-refractivity contribution is 0.201. The van der Waals surface area contributed by atoms with E-state index in [0.717, 1.165) is 17.7 Å². The fraction of sp³-hybridized carbons (Fsp3) is 0.538. The number of benzene rings is 1. The molecule has 0 amide bonds. The number of nitrogen functional groups attached to an aromatic ring is 1. The van der Waals surface area contributed by atoms with Gasteiger partial charge in [-0.3, -0.25) is 4.90 Å². The smallest absolute Gasteiger partial charge is 0.151 e. The Labute approximate surface area is 109 Å². The lowest BCUT2D eigenvalue weighted by Crippen LogP contribution is -2.34. The largest absolute Gasteiger partial charge is 0.399 e. The minimum Gasteiger partial charge on any atom is -0.399 e. The number of sulfone groups is 1. The van der Waals surface area contributed by atoms with Gasteiger partial charge in [0.05, 0.1) is 11.5 Å². The highest BCUT2D eigenvalue weighted by Crippen LogP contribution is 2.26. The molecule has 1 heterocycles. The van der Waals surface area contributed by atoms with E-state index >= 15 is 0 Å². The minimum atomic E-state index is -2.83. The van der Waals surface area contributed by atoms with Crippen molar-refractivity contribution in [3.8, 4) is 0 Å². The van der Waals surface area contributed by atoms with Crippen molar-refractivity contribution < 1.29 is 8.42 Å². The fourth-order valence-electron chi connectivity index (χ4n) is 2.47. The van der Waals surface area contributed by atoms with Crippen LogP contribution < -0.4 is 5.73 Å². The van der Waals surface area contributed by atoms with E-state index in [1.165, 1.54) is 0 Å². The summed E-state index contributed by atoms with van der Waals surface area (Å²) in [5.74, 6) is 0.585. The second kappa shape index (κ2) is 4.90. The second-order valence-electron chi connectivity index (χ2n) is 5.07. The standard InChI is InChI=1S/C13H20N2O2S/c1-10(11-4-3-5-12(14)8-11)15(2)13-6-7-18(16,17)9-13/h3-5,8,10,13H,6-7,9,14H2,1-2H3. The van der Waals surface area contributed by atoms with Crippen LogP contribution in [0.3, 0.4) is 0 Å². The molecule has 4 nitrogen and oxygen atoms in total. The van der Waals surface area contributed by atoms with Crippen LogP contribution in [0.1, 0.15) is 24.9 Å². The normalized spacial score (nSPS) is 24.3. The highest BCUT2D eigenvalue weighted by Gasteiger charge is 2.32. The summed E-state index contributed by atoms with van der Waals surface area (Å²) < 4.78 is 23.0. The van der Waals surface area contributed by atoms with Crippen molar-refractivity contribution in [1.29, 1.82) is 0 Å². The van der Waals surface area contributed by atoms with Gasteiger partial charge in [-0.15, -0.1) is 0 Å². The fourth-order valence-corrected chi connectivity index (χ4v) is 4.25. The van der Waals surface area contributed by atoms with Gasteiger partial charge < -0.3 is 5.73 Å². The Bertz CT molecular complexity index is 528. The molecule has 2 atom stereocenters. The van der Waals surface area contributed by atoms with E-state index in [1.54, 1.807) is 0 Å². The molecule has 0 aromatic heterocycles. The van der Waals surface area contributed by atoms with E-state index in [9.17, 15) is 8.42 Å². The summed E-state index contributed by atoms with van der Waals surface area (Å²) in [6.07, 6.45) is 0.728. The average molecular weight is 268 g/mol. The Morgan fingerprint density at radius 3 is 2.72 bits per heavy atom. The zero-order chi connectivity index (χ0) is 13.3. The first-order valence-corrected chi connectivity index (χ1v) is 7.99. The van der Waals surface area contributed by atoms with Crippen molar-refractivity contribution in [2.24, 2.45) is 0 Å². The molecule has 1 fully saturated rings. The van der Waals surface area contributed by atoms with Gasteiger partial charge >= 0.3 is 0 Å². The summed E-state index contributed by atoms with van der Waals surface area (Å²) in [6, 6.07) is 8.06. The van der Waals surface area contributed by atoms with Crippen molar-refractivity contribution in [3.63, 3.8) is 0 Å². The van der Waals surface area contributed by atoms with Gasteiger partial charge in [-0.2, -0.15) is 0 Å². The number of anilines is 1. The number of nitrogens with zero attached hydrogens (tertiary/aromatic N) is 1. The van der Waals surface area contributed by atoms with Gasteiger partial charge in [0.1, 0.15) is 0 Å². The third kappa shape index (κ3) is 2.84. The van der Waals surface area contributed by atoms with Crippen LogP contribution >= 0.6 is 0 Å². The molecule has 0 bridgehead atoms. The summed E-state index contributed by atoms with van der Waals surface area (Å²) in [5.41, 5.74) is 7.65. The van der Waals surface area contributed by atoms with E-state index in [-0.39, 0.29) is 17.8 Å². The molecule has 2 N–H and O–H groups in total. The molecule has 5 heteroatoms. The summed E-state index contributed by atoms with van der Waals surface area (Å²) in [5, 5.41) is 0. The maximum Gasteiger partial charge on any atom is 0.151 e. The van der Waals surface area contributed by atoms with Crippen LogP contribution in [-0.2, 0) is 9.84 Å². The third-order valence-corrected chi connectivity index (χ3v) is 5.54. The molecule has 1 aliphatic rings. The molecular weight excluding hydrogens is 248 g/mol. The van der Waals surface area contributed by atoms with Gasteiger partial charge in [0.2, 0.25) is 0 Å². The van der Waals surface area contributed by atoms with Crippen LogP contribution in [0.5, 0.6) is 0 Å². The third-order valence-electron chi connectivity index (χ3n) is 3.79. The number of hydrogen-bond donors (Lipinski definition) is 1. The summed E-state index contributed by atoms with van der Waals surface area (Å²) >= 11 is 0. The minimum absolute atomic E-state index is 0.117. The van der Waals surface area contributed by atoms with Crippen LogP contribution in [0.25, 0.3) is 0 Å². The molecule has 1 aromatic carbocycles. The monoisotopic (exact) mass is 268 g/mol. The van der Waals surface area contributed by atoms with E-state index in [1.807, 2.05) is 31.3 Å². The van der Waals surface area contributed by atoms with Crippen molar-refractivity contribution in [2.75, 3.05) is 24.3 Å². The quantitative estimate of drug-likeness (QED) is 0.843. The summed E-state index contributed by atoms with van der Waals surface area (Å²) in [7, 11) is -0.845. The Morgan fingerprint density at radius 2 is 2.17 bits per heavy atom. The second-order valence-corrected chi connectivity index (χ2v) is 7.30. The maximum atomic E-state index is 11.5. The SMILES string of the molecule is CC(c1cccc(N)c1)N(C)C1CCS(=O)(=O)C1. The average Bonchev–Trinajstić information content (AvgIpc) is 2.68. The Morgan fingerprint density at radius 1 is 1.44 bits per heavy atom. The van der Waals surface area contributed by atoms with Crippen LogP contribution in [0, 0.1) is 0 Å². The highest BCUT2D eigenvalue weighted by molar-refractivity contribution is 7.91. The number of hydrogen-bond acceptors (Lipinski definition) is 4. The molecule has 0 saturated carbocycles. The van der Waals surface area contributed by atoms with E-state index in [0.29, 0.717) is 5.75 Å². The van der Waals surface area contributed by atoms with Crippen LogP contribution in [0.15, 0.2) is 24.3 Å². The molecule has 100 valence electrons. The number of nitrogens with two attached hydrogens (primary N) is 1. The van der Waals surface area contributed by atoms with E-state index in [2.05, 4.69) is 11.8 Å². The molecule has 2 unspecified atom stereocenters. The van der Waals surface area contributed by atoms with Gasteiger partial charge in [0.15, 0.2) is 9.84 Å². The van der Waals surface area contributed by atoms with Gasteiger partial charge in [0.25, 0.3) is 0 Å². The molecule has 0 spiro atoms. The first-order chi connectivity index (χ1) is 8.39. The Kier molecular flexibility index (Phi) is 3.64. The molecule has 1 aromatic rings. The zero-order valence-electron chi connectivity index (χ0n) is 10.8. The van der Waals surface area contributed by atoms with Gasteiger partial charge in [-0.25, -0.2) is 8.42 Å². The Balaban J connectivity index is 2.12. The van der Waals surface area contributed by atoms with Crippen molar-refractivity contribution in [1.82, 2.24) is 4.90 Å². The van der Waals surface area contributed by atoms with E-state index in [4.69, 9.17) is 5.73 Å². The highest BCUT2D eigenvalue weighted by atomic mass is 32.2. The molecule has 1 aliphatic heterocycles. The maximum absolute atomic E-state index is 11.5. The number of rotatable bonds is 3. The molecule has 1 saturated heterocycles. The molecule has 0 radical (unpaired) electrons. The lowest BCUT2D eigenvalue weighted by atomic mass is 10.0. The van der Waals surface area contributed by atoms with Gasteiger partial charge in [-0.1, -0.05) is 12.1 Å². The molecule has 0 aliphatic carbocycles. The van der Waals surface area contributed by atoms with Crippen molar-refractivity contribution >= 4 is 15.5 Å². The summed E-state index contributed by atoms with van der Waals surface area (Å²) in [4.78, 5) is 2.14. The first-order valence-electron chi connectivity index (χ1n) is 6.17. The molecule has 2 rings (SSSR count). The first kappa shape index (κ1) is 13.4.